The number of rotatable bonds is 8. The molecule has 0 bridgehead atoms. The van der Waals surface area contributed by atoms with Crippen LogP contribution in [-0.4, -0.2) is 32.8 Å². The number of carbonyl (C=O) groups is 1. The first-order valence-electron chi connectivity index (χ1n) is 6.78. The van der Waals surface area contributed by atoms with Crippen LogP contribution in [-0.2, 0) is 16.4 Å². The van der Waals surface area contributed by atoms with E-state index in [-0.39, 0.29) is 5.78 Å². The van der Waals surface area contributed by atoms with Gasteiger partial charge in [0.05, 0.1) is 16.9 Å². The number of sulfonamides is 1. The van der Waals surface area contributed by atoms with Gasteiger partial charge in [-0.25, -0.2) is 13.1 Å². The van der Waals surface area contributed by atoms with E-state index in [9.17, 15) is 13.2 Å². The van der Waals surface area contributed by atoms with Gasteiger partial charge in [0.1, 0.15) is 0 Å². The van der Waals surface area contributed by atoms with E-state index in [1.54, 1.807) is 18.2 Å². The molecular weight excluding hydrogens is 374 g/mol. The minimum atomic E-state index is -3.17. The van der Waals surface area contributed by atoms with Crippen molar-refractivity contribution >= 4 is 50.5 Å². The summed E-state index contributed by atoms with van der Waals surface area (Å²) < 4.78 is 24.4. The monoisotopic (exact) mass is 389 g/mol. The first-order valence-corrected chi connectivity index (χ1v) is 10.9. The summed E-state index contributed by atoms with van der Waals surface area (Å²) in [4.78, 5) is 14.9. The lowest BCUT2D eigenvalue weighted by Crippen LogP contribution is -2.23. The molecule has 4 nitrogen and oxygen atoms in total. The van der Waals surface area contributed by atoms with Crippen LogP contribution in [0.4, 0.5) is 0 Å². The molecule has 8 heteroatoms. The van der Waals surface area contributed by atoms with E-state index < -0.39 is 10.0 Å². The summed E-state index contributed by atoms with van der Waals surface area (Å²) in [7, 11) is -3.17. The molecule has 1 aromatic carbocycles. The Bertz CT molecular complexity index is 770. The highest BCUT2D eigenvalue weighted by atomic mass is 35.5. The van der Waals surface area contributed by atoms with Crippen LogP contribution in [0.5, 0.6) is 0 Å². The Hall–Kier alpha value is -0.860. The predicted molar refractivity (Wildman–Crippen MR) is 97.4 cm³/mol. The fraction of sp³-hybridized carbons (Fsp3) is 0.267. The first-order chi connectivity index (χ1) is 10.8. The molecule has 2 rings (SSSR count). The molecule has 23 heavy (non-hydrogen) atoms. The molecule has 0 amide bonds. The second-order valence-electron chi connectivity index (χ2n) is 4.85. The number of carbonyl (C=O) groups excluding carboxylic acids is 1. The van der Waals surface area contributed by atoms with Crippen LogP contribution in [0, 0.1) is 0 Å². The molecule has 1 aromatic heterocycles. The van der Waals surface area contributed by atoms with Crippen LogP contribution in [0.3, 0.4) is 0 Å². The molecule has 0 saturated carbocycles. The lowest BCUT2D eigenvalue weighted by Gasteiger charge is -2.01. The van der Waals surface area contributed by atoms with Crippen molar-refractivity contribution in [3.05, 3.63) is 51.2 Å². The Labute approximate surface area is 149 Å². The van der Waals surface area contributed by atoms with Gasteiger partial charge in [-0.1, -0.05) is 11.6 Å². The fourth-order valence-corrected chi connectivity index (χ4v) is 4.19. The molecule has 0 radical (unpaired) electrons. The quantitative estimate of drug-likeness (QED) is 0.554. The Morgan fingerprint density at radius 3 is 2.57 bits per heavy atom. The summed E-state index contributed by atoms with van der Waals surface area (Å²) in [5.74, 6) is 0.431. The van der Waals surface area contributed by atoms with Gasteiger partial charge in [0.25, 0.3) is 0 Å². The zero-order chi connectivity index (χ0) is 16.9. The zero-order valence-electron chi connectivity index (χ0n) is 12.4. The molecule has 2 aromatic rings. The molecular formula is C15H16ClNO3S3. The number of halogens is 1. The Kier molecular flexibility index (Phi) is 6.67. The predicted octanol–water partition coefficient (Wildman–Crippen LogP) is 3.47. The topological polar surface area (TPSA) is 63.2 Å². The van der Waals surface area contributed by atoms with Gasteiger partial charge in [0.15, 0.2) is 5.78 Å². The third kappa shape index (κ3) is 6.64. The fourth-order valence-electron chi connectivity index (χ4n) is 1.77. The molecule has 0 spiro atoms. The van der Waals surface area contributed by atoms with Crippen LogP contribution < -0.4 is 4.72 Å². The van der Waals surface area contributed by atoms with Crippen LogP contribution in [0.2, 0.25) is 5.02 Å². The highest BCUT2D eigenvalue weighted by Gasteiger charge is 2.10. The van der Waals surface area contributed by atoms with Crippen molar-refractivity contribution in [2.75, 3.05) is 18.6 Å². The standard InChI is InChI=1S/C15H16ClNO3S3/c1-23(19,20)17-9-8-13-6-7-15(22-13)14(18)10-21-12-4-2-11(16)3-5-12/h2-7,17H,8-10H2,1H3. The first kappa shape index (κ1) is 18.5. The van der Waals surface area contributed by atoms with E-state index in [1.165, 1.54) is 23.1 Å². The summed E-state index contributed by atoms with van der Waals surface area (Å²) in [5, 5.41) is 0.672. The molecule has 0 saturated heterocycles. The molecule has 0 atom stereocenters. The van der Waals surface area contributed by atoms with Crippen molar-refractivity contribution in [1.29, 1.82) is 0 Å². The molecule has 124 valence electrons. The maximum absolute atomic E-state index is 12.2. The lowest BCUT2D eigenvalue weighted by molar-refractivity contribution is 0.102. The zero-order valence-corrected chi connectivity index (χ0v) is 15.6. The van der Waals surface area contributed by atoms with Gasteiger partial charge in [-0.15, -0.1) is 23.1 Å². The number of nitrogens with one attached hydrogen (secondary N) is 1. The molecule has 0 unspecified atom stereocenters. The minimum absolute atomic E-state index is 0.0669. The second kappa shape index (κ2) is 8.30. The summed E-state index contributed by atoms with van der Waals surface area (Å²) in [6, 6.07) is 11.0. The van der Waals surface area contributed by atoms with Crippen molar-refractivity contribution in [3.8, 4) is 0 Å². The van der Waals surface area contributed by atoms with E-state index in [4.69, 9.17) is 11.6 Å². The van der Waals surface area contributed by atoms with Crippen molar-refractivity contribution in [2.24, 2.45) is 0 Å². The molecule has 0 aliphatic carbocycles. The number of hydrogen-bond acceptors (Lipinski definition) is 5. The van der Waals surface area contributed by atoms with Crippen molar-refractivity contribution < 1.29 is 13.2 Å². The van der Waals surface area contributed by atoms with E-state index in [0.717, 1.165) is 16.0 Å². The van der Waals surface area contributed by atoms with Gasteiger partial charge in [0.2, 0.25) is 10.0 Å². The van der Waals surface area contributed by atoms with E-state index in [2.05, 4.69) is 4.72 Å². The Balaban J connectivity index is 1.84. The number of thioether (sulfide) groups is 1. The summed E-state index contributed by atoms with van der Waals surface area (Å²) in [6.45, 7) is 0.340. The SMILES string of the molecule is CS(=O)(=O)NCCc1ccc(C(=O)CSc2ccc(Cl)cc2)s1. The van der Waals surface area contributed by atoms with E-state index in [1.807, 2.05) is 18.2 Å². The van der Waals surface area contributed by atoms with E-state index >= 15 is 0 Å². The third-order valence-electron chi connectivity index (χ3n) is 2.86. The molecule has 0 fully saturated rings. The van der Waals surface area contributed by atoms with Gasteiger partial charge in [-0.05, 0) is 42.8 Å². The average molecular weight is 390 g/mol. The van der Waals surface area contributed by atoms with Crippen molar-refractivity contribution in [3.63, 3.8) is 0 Å². The number of benzene rings is 1. The molecule has 0 aliphatic heterocycles. The third-order valence-corrected chi connectivity index (χ3v) is 6.03. The van der Waals surface area contributed by atoms with Crippen LogP contribution >= 0.6 is 34.7 Å². The van der Waals surface area contributed by atoms with Crippen LogP contribution in [0.25, 0.3) is 0 Å². The van der Waals surface area contributed by atoms with Crippen LogP contribution in [0.15, 0.2) is 41.3 Å². The van der Waals surface area contributed by atoms with Gasteiger partial charge < -0.3 is 0 Å². The lowest BCUT2D eigenvalue weighted by atomic mass is 10.3. The van der Waals surface area contributed by atoms with Gasteiger partial charge in [-0.3, -0.25) is 4.79 Å². The van der Waals surface area contributed by atoms with Crippen molar-refractivity contribution in [1.82, 2.24) is 4.72 Å². The second-order valence-corrected chi connectivity index (χ2v) is 9.33. The number of Topliss-reactive ketones (excluding diaryl/α,β-unsaturated/α-hetero) is 1. The van der Waals surface area contributed by atoms with Gasteiger partial charge >= 0.3 is 0 Å². The van der Waals surface area contributed by atoms with Gasteiger partial charge in [-0.2, -0.15) is 0 Å². The van der Waals surface area contributed by atoms with Crippen LogP contribution in [0.1, 0.15) is 14.5 Å². The number of ketones is 1. The molecule has 1 N–H and O–H groups in total. The largest absolute Gasteiger partial charge is 0.292 e. The summed E-state index contributed by atoms with van der Waals surface area (Å²) >= 11 is 8.71. The minimum Gasteiger partial charge on any atom is -0.292 e. The smallest absolute Gasteiger partial charge is 0.208 e. The Morgan fingerprint density at radius 1 is 1.22 bits per heavy atom. The van der Waals surface area contributed by atoms with Gasteiger partial charge in [0, 0.05) is 21.3 Å². The highest BCUT2D eigenvalue weighted by Crippen LogP contribution is 2.24. The summed E-state index contributed by atoms with van der Waals surface area (Å²) in [6.07, 6.45) is 1.71. The highest BCUT2D eigenvalue weighted by molar-refractivity contribution is 8.00. The Morgan fingerprint density at radius 2 is 1.91 bits per heavy atom. The maximum atomic E-state index is 12.2. The summed E-state index contributed by atoms with van der Waals surface area (Å²) in [5.41, 5.74) is 0. The molecule has 1 heterocycles. The number of thiophene rings is 1. The average Bonchev–Trinajstić information content (AvgIpc) is 2.94. The normalized spacial score (nSPS) is 11.6. The molecule has 0 aliphatic rings. The van der Waals surface area contributed by atoms with Crippen molar-refractivity contribution in [2.45, 2.75) is 11.3 Å². The maximum Gasteiger partial charge on any atom is 0.208 e. The number of hydrogen-bond donors (Lipinski definition) is 1. The van der Waals surface area contributed by atoms with E-state index in [0.29, 0.717) is 28.6 Å².